The SMILES string of the molecule is CCCCCCCCCCCCCCCCN1C(=O)CC(SCCC(C)=O)C1=O. The summed E-state index contributed by atoms with van der Waals surface area (Å²) in [6, 6.07) is 0. The first-order valence-electron chi connectivity index (χ1n) is 12.0. The number of rotatable bonds is 19. The van der Waals surface area contributed by atoms with Crippen LogP contribution < -0.4 is 0 Å². The zero-order valence-corrected chi connectivity index (χ0v) is 19.7. The van der Waals surface area contributed by atoms with Gasteiger partial charge in [0.2, 0.25) is 11.8 Å². The van der Waals surface area contributed by atoms with Gasteiger partial charge in [-0.05, 0) is 13.3 Å². The molecular formula is C24H43NO3S. The second kappa shape index (κ2) is 16.9. The Morgan fingerprint density at radius 3 is 1.83 bits per heavy atom. The molecule has 2 amide bonds. The topological polar surface area (TPSA) is 54.5 Å². The third-order valence-corrected chi connectivity index (χ3v) is 6.92. The van der Waals surface area contributed by atoms with Gasteiger partial charge >= 0.3 is 0 Å². The molecule has 5 heteroatoms. The van der Waals surface area contributed by atoms with Crippen molar-refractivity contribution in [2.24, 2.45) is 0 Å². The van der Waals surface area contributed by atoms with Crippen LogP contribution in [0, 0.1) is 0 Å². The van der Waals surface area contributed by atoms with Crippen LogP contribution in [0.3, 0.4) is 0 Å². The van der Waals surface area contributed by atoms with Crippen LogP contribution in [0.2, 0.25) is 0 Å². The largest absolute Gasteiger partial charge is 0.300 e. The van der Waals surface area contributed by atoms with E-state index in [0.29, 0.717) is 25.1 Å². The fraction of sp³-hybridized carbons (Fsp3) is 0.875. The van der Waals surface area contributed by atoms with Crippen LogP contribution in [0.25, 0.3) is 0 Å². The average molecular weight is 426 g/mol. The normalized spacial score (nSPS) is 16.8. The van der Waals surface area contributed by atoms with Crippen molar-refractivity contribution in [1.82, 2.24) is 4.90 Å². The van der Waals surface area contributed by atoms with E-state index in [1.807, 2.05) is 0 Å². The lowest BCUT2D eigenvalue weighted by Gasteiger charge is -2.14. The Bertz CT molecular complexity index is 481. The molecule has 1 heterocycles. The highest BCUT2D eigenvalue weighted by Crippen LogP contribution is 2.26. The van der Waals surface area contributed by atoms with Gasteiger partial charge in [0.25, 0.3) is 0 Å². The molecule has 1 atom stereocenters. The molecule has 1 saturated heterocycles. The fourth-order valence-corrected chi connectivity index (χ4v) is 5.05. The number of imide groups is 1. The van der Waals surface area contributed by atoms with Gasteiger partial charge in [-0.2, -0.15) is 0 Å². The minimum atomic E-state index is -0.270. The first-order valence-corrected chi connectivity index (χ1v) is 13.1. The highest BCUT2D eigenvalue weighted by Gasteiger charge is 2.38. The van der Waals surface area contributed by atoms with Gasteiger partial charge in [0.05, 0.1) is 5.25 Å². The van der Waals surface area contributed by atoms with Crippen LogP contribution in [0.4, 0.5) is 0 Å². The molecule has 4 nitrogen and oxygen atoms in total. The number of carbonyl (C=O) groups is 3. The third kappa shape index (κ3) is 12.5. The summed E-state index contributed by atoms with van der Waals surface area (Å²) >= 11 is 1.46. The molecule has 1 aliphatic heterocycles. The molecule has 0 aromatic rings. The van der Waals surface area contributed by atoms with E-state index >= 15 is 0 Å². The number of likely N-dealkylation sites (tertiary alicyclic amines) is 1. The van der Waals surface area contributed by atoms with Crippen LogP contribution >= 0.6 is 11.8 Å². The molecule has 0 aliphatic carbocycles. The molecule has 0 aromatic heterocycles. The summed E-state index contributed by atoms with van der Waals surface area (Å²) in [5, 5.41) is -0.270. The number of ketones is 1. The van der Waals surface area contributed by atoms with E-state index in [4.69, 9.17) is 0 Å². The maximum Gasteiger partial charge on any atom is 0.242 e. The second-order valence-corrected chi connectivity index (χ2v) is 9.81. The molecule has 0 spiro atoms. The summed E-state index contributed by atoms with van der Waals surface area (Å²) in [5.41, 5.74) is 0. The van der Waals surface area contributed by atoms with E-state index < -0.39 is 0 Å². The molecular weight excluding hydrogens is 382 g/mol. The second-order valence-electron chi connectivity index (χ2n) is 8.50. The average Bonchev–Trinajstić information content (AvgIpc) is 2.95. The van der Waals surface area contributed by atoms with Gasteiger partial charge < -0.3 is 0 Å². The number of unbranched alkanes of at least 4 members (excludes halogenated alkanes) is 13. The molecule has 0 radical (unpaired) electrons. The molecule has 0 N–H and O–H groups in total. The van der Waals surface area contributed by atoms with E-state index in [-0.39, 0.29) is 22.8 Å². The van der Waals surface area contributed by atoms with Crippen molar-refractivity contribution in [2.75, 3.05) is 12.3 Å². The Labute approximate surface area is 182 Å². The van der Waals surface area contributed by atoms with E-state index in [2.05, 4.69) is 6.92 Å². The summed E-state index contributed by atoms with van der Waals surface area (Å²) in [4.78, 5) is 36.9. The number of nitrogens with zero attached hydrogens (tertiary/aromatic N) is 1. The van der Waals surface area contributed by atoms with Crippen LogP contribution in [0.5, 0.6) is 0 Å². The number of Topliss-reactive ketones (excluding diaryl/α,β-unsaturated/α-hetero) is 1. The Hall–Kier alpha value is -0.840. The maximum absolute atomic E-state index is 12.4. The zero-order valence-electron chi connectivity index (χ0n) is 18.9. The number of hydrogen-bond acceptors (Lipinski definition) is 4. The van der Waals surface area contributed by atoms with Gasteiger partial charge in [0.1, 0.15) is 5.78 Å². The summed E-state index contributed by atoms with van der Waals surface area (Å²) in [5.74, 6) is 0.683. The molecule has 1 rings (SSSR count). The van der Waals surface area contributed by atoms with E-state index in [1.165, 1.54) is 93.7 Å². The molecule has 29 heavy (non-hydrogen) atoms. The first-order chi connectivity index (χ1) is 14.1. The van der Waals surface area contributed by atoms with Gasteiger partial charge in [-0.3, -0.25) is 19.3 Å². The Kier molecular flexibility index (Phi) is 15.3. The van der Waals surface area contributed by atoms with Crippen molar-refractivity contribution in [1.29, 1.82) is 0 Å². The summed E-state index contributed by atoms with van der Waals surface area (Å²) in [6.07, 6.45) is 19.0. The van der Waals surface area contributed by atoms with Gasteiger partial charge in [-0.15, -0.1) is 11.8 Å². The van der Waals surface area contributed by atoms with Crippen molar-refractivity contribution in [3.63, 3.8) is 0 Å². The first kappa shape index (κ1) is 26.2. The molecule has 1 fully saturated rings. The van der Waals surface area contributed by atoms with Crippen LogP contribution in [0.15, 0.2) is 0 Å². The van der Waals surface area contributed by atoms with Crippen molar-refractivity contribution < 1.29 is 14.4 Å². The van der Waals surface area contributed by atoms with Crippen molar-refractivity contribution in [3.8, 4) is 0 Å². The molecule has 0 saturated carbocycles. The summed E-state index contributed by atoms with van der Waals surface area (Å²) in [6.45, 7) is 4.39. The molecule has 0 bridgehead atoms. The Morgan fingerprint density at radius 1 is 0.862 bits per heavy atom. The monoisotopic (exact) mass is 425 g/mol. The molecule has 1 unspecified atom stereocenters. The predicted molar refractivity (Wildman–Crippen MR) is 123 cm³/mol. The number of carbonyl (C=O) groups excluding carboxylic acids is 3. The molecule has 1 aliphatic rings. The van der Waals surface area contributed by atoms with E-state index in [9.17, 15) is 14.4 Å². The van der Waals surface area contributed by atoms with Crippen molar-refractivity contribution >= 4 is 29.4 Å². The third-order valence-electron chi connectivity index (χ3n) is 5.71. The van der Waals surface area contributed by atoms with Gasteiger partial charge in [0.15, 0.2) is 0 Å². The van der Waals surface area contributed by atoms with Crippen LogP contribution in [-0.2, 0) is 14.4 Å². The van der Waals surface area contributed by atoms with Crippen molar-refractivity contribution in [3.05, 3.63) is 0 Å². The zero-order chi connectivity index (χ0) is 21.3. The fourth-order valence-electron chi connectivity index (χ4n) is 3.83. The number of amides is 2. The lowest BCUT2D eigenvalue weighted by Crippen LogP contribution is -2.32. The minimum Gasteiger partial charge on any atom is -0.300 e. The van der Waals surface area contributed by atoms with E-state index in [0.717, 1.165) is 12.8 Å². The molecule has 0 aromatic carbocycles. The van der Waals surface area contributed by atoms with Crippen LogP contribution in [0.1, 0.15) is 117 Å². The molecule has 168 valence electrons. The highest BCUT2D eigenvalue weighted by molar-refractivity contribution is 8.00. The number of thioether (sulfide) groups is 1. The smallest absolute Gasteiger partial charge is 0.242 e. The highest BCUT2D eigenvalue weighted by atomic mass is 32.2. The summed E-state index contributed by atoms with van der Waals surface area (Å²) < 4.78 is 0. The quantitative estimate of drug-likeness (QED) is 0.180. The predicted octanol–water partition coefficient (Wildman–Crippen LogP) is 6.31. The summed E-state index contributed by atoms with van der Waals surface area (Å²) in [7, 11) is 0. The van der Waals surface area contributed by atoms with Gasteiger partial charge in [-0.1, -0.05) is 90.4 Å². The van der Waals surface area contributed by atoms with Gasteiger partial charge in [-0.25, -0.2) is 0 Å². The van der Waals surface area contributed by atoms with Crippen molar-refractivity contribution in [2.45, 2.75) is 122 Å². The standard InChI is InChI=1S/C24H43NO3S/c1-3-4-5-6-7-8-9-10-11-12-13-14-15-16-18-25-23(27)20-22(24(25)28)29-19-17-21(2)26/h22H,3-20H2,1-2H3. The Balaban J connectivity index is 1.95. The lowest BCUT2D eigenvalue weighted by molar-refractivity contribution is -0.138. The maximum atomic E-state index is 12.4. The van der Waals surface area contributed by atoms with E-state index in [1.54, 1.807) is 6.92 Å². The minimum absolute atomic E-state index is 0.0370. The van der Waals surface area contributed by atoms with Gasteiger partial charge in [0, 0.05) is 25.1 Å². The number of hydrogen-bond donors (Lipinski definition) is 0. The van der Waals surface area contributed by atoms with Crippen LogP contribution in [-0.4, -0.2) is 40.0 Å². The Morgan fingerprint density at radius 2 is 1.34 bits per heavy atom. The lowest BCUT2D eigenvalue weighted by atomic mass is 10.0.